The molecule has 0 unspecified atom stereocenters. The van der Waals surface area contributed by atoms with Crippen LogP contribution in [0.5, 0.6) is 5.75 Å². The number of carbonyl (C=O) groups is 1. The summed E-state index contributed by atoms with van der Waals surface area (Å²) < 4.78 is 44.0. The molecule has 2 aromatic carbocycles. The van der Waals surface area contributed by atoms with Crippen LogP contribution in [0.3, 0.4) is 0 Å². The van der Waals surface area contributed by atoms with Gasteiger partial charge in [-0.15, -0.1) is 0 Å². The van der Waals surface area contributed by atoms with Gasteiger partial charge in [0.25, 0.3) is 5.91 Å². The van der Waals surface area contributed by atoms with E-state index in [-0.39, 0.29) is 10.7 Å². The van der Waals surface area contributed by atoms with E-state index in [0.29, 0.717) is 16.9 Å². The Labute approximate surface area is 157 Å². The molecule has 1 amide bonds. The third kappa shape index (κ3) is 5.35. The number of nitrogens with zero attached hydrogens (tertiary/aromatic N) is 2. The van der Waals surface area contributed by atoms with Crippen LogP contribution < -0.4 is 10.2 Å². The Morgan fingerprint density at radius 2 is 1.93 bits per heavy atom. The number of halogens is 1. The van der Waals surface area contributed by atoms with E-state index in [9.17, 15) is 17.6 Å². The molecule has 2 aromatic rings. The van der Waals surface area contributed by atoms with Crippen molar-refractivity contribution in [3.05, 3.63) is 59.4 Å². The van der Waals surface area contributed by atoms with Gasteiger partial charge < -0.3 is 4.74 Å². The van der Waals surface area contributed by atoms with Gasteiger partial charge in [-0.1, -0.05) is 12.1 Å². The second kappa shape index (κ2) is 8.74. The van der Waals surface area contributed by atoms with Gasteiger partial charge >= 0.3 is 0 Å². The Morgan fingerprint density at radius 1 is 1.26 bits per heavy atom. The fraction of sp³-hybridized carbons (Fsp3) is 0.222. The van der Waals surface area contributed by atoms with E-state index >= 15 is 0 Å². The van der Waals surface area contributed by atoms with Crippen molar-refractivity contribution in [2.24, 2.45) is 5.10 Å². The molecule has 9 heteroatoms. The number of ether oxygens (including phenoxy) is 1. The molecule has 0 atom stereocenters. The third-order valence-electron chi connectivity index (χ3n) is 3.71. The molecule has 0 spiro atoms. The molecule has 0 saturated carbocycles. The first-order chi connectivity index (χ1) is 12.7. The van der Waals surface area contributed by atoms with Crippen LogP contribution in [0, 0.1) is 12.7 Å². The quantitative estimate of drug-likeness (QED) is 0.575. The average Bonchev–Trinajstić information content (AvgIpc) is 2.63. The summed E-state index contributed by atoms with van der Waals surface area (Å²) in [6, 6.07) is 9.97. The molecule has 144 valence electrons. The predicted octanol–water partition coefficient (Wildman–Crippen LogP) is 1.91. The maximum atomic E-state index is 12.8. The minimum Gasteiger partial charge on any atom is -0.496 e. The summed E-state index contributed by atoms with van der Waals surface area (Å²) in [5.74, 6) is -0.411. The number of methoxy groups -OCH3 is 1. The monoisotopic (exact) mass is 393 g/mol. The zero-order valence-electron chi connectivity index (χ0n) is 15.1. The van der Waals surface area contributed by atoms with E-state index in [1.54, 1.807) is 13.0 Å². The Bertz CT molecular complexity index is 944. The van der Waals surface area contributed by atoms with Crippen molar-refractivity contribution in [3.63, 3.8) is 0 Å². The molecule has 0 aliphatic carbocycles. The van der Waals surface area contributed by atoms with E-state index in [1.165, 1.54) is 56.8 Å². The van der Waals surface area contributed by atoms with Gasteiger partial charge in [0.05, 0.1) is 24.8 Å². The Morgan fingerprint density at radius 3 is 2.52 bits per heavy atom. The van der Waals surface area contributed by atoms with Gasteiger partial charge in [0, 0.05) is 7.05 Å². The van der Waals surface area contributed by atoms with Gasteiger partial charge in [-0.05, 0) is 48.4 Å². The zero-order valence-corrected chi connectivity index (χ0v) is 16.0. The van der Waals surface area contributed by atoms with Crippen LogP contribution in [0.15, 0.2) is 52.5 Å². The molecule has 0 saturated heterocycles. The topological polar surface area (TPSA) is 88.1 Å². The van der Waals surface area contributed by atoms with Crippen molar-refractivity contribution in [2.75, 3.05) is 20.7 Å². The molecule has 0 fully saturated rings. The summed E-state index contributed by atoms with van der Waals surface area (Å²) in [6.45, 7) is 1.32. The Balaban J connectivity index is 2.00. The minimum atomic E-state index is -3.84. The first-order valence-electron chi connectivity index (χ1n) is 7.92. The third-order valence-corrected chi connectivity index (χ3v) is 5.51. The fourth-order valence-electron chi connectivity index (χ4n) is 2.24. The van der Waals surface area contributed by atoms with Crippen molar-refractivity contribution in [1.82, 2.24) is 9.73 Å². The standard InChI is InChI=1S/C18H20FN3O4S/c1-13-10-16(8-9-17(13)26-3)27(24,25)22(2)12-18(23)21-20-11-14-4-6-15(19)7-5-14/h4-11H,12H2,1-3H3,(H,21,23). The summed E-state index contributed by atoms with van der Waals surface area (Å²) in [7, 11) is -1.04. The number of benzene rings is 2. The number of hydrogen-bond acceptors (Lipinski definition) is 5. The van der Waals surface area contributed by atoms with Gasteiger partial charge in [-0.2, -0.15) is 9.41 Å². The van der Waals surface area contributed by atoms with Crippen LogP contribution in [0.1, 0.15) is 11.1 Å². The highest BCUT2D eigenvalue weighted by atomic mass is 32.2. The lowest BCUT2D eigenvalue weighted by Crippen LogP contribution is -2.36. The summed E-state index contributed by atoms with van der Waals surface area (Å²) in [5, 5.41) is 3.73. The van der Waals surface area contributed by atoms with Crippen molar-refractivity contribution >= 4 is 22.1 Å². The molecule has 1 N–H and O–H groups in total. The zero-order chi connectivity index (χ0) is 20.0. The van der Waals surface area contributed by atoms with Crippen molar-refractivity contribution in [1.29, 1.82) is 0 Å². The summed E-state index contributed by atoms with van der Waals surface area (Å²) in [4.78, 5) is 12.0. The molecule has 0 aliphatic heterocycles. The number of hydrazone groups is 1. The van der Waals surface area contributed by atoms with E-state index in [2.05, 4.69) is 10.5 Å². The number of sulfonamides is 1. The number of aryl methyl sites for hydroxylation is 1. The lowest BCUT2D eigenvalue weighted by molar-refractivity contribution is -0.121. The van der Waals surface area contributed by atoms with E-state index in [1.807, 2.05) is 0 Å². The minimum absolute atomic E-state index is 0.0610. The van der Waals surface area contributed by atoms with Gasteiger partial charge in [-0.3, -0.25) is 4.79 Å². The molecule has 27 heavy (non-hydrogen) atoms. The predicted molar refractivity (Wildman–Crippen MR) is 99.7 cm³/mol. The Hall–Kier alpha value is -2.78. The maximum absolute atomic E-state index is 12.8. The second-order valence-corrected chi connectivity index (χ2v) is 7.78. The molecular weight excluding hydrogens is 373 g/mol. The van der Waals surface area contributed by atoms with Crippen LogP contribution in [0.25, 0.3) is 0 Å². The van der Waals surface area contributed by atoms with Crippen molar-refractivity contribution in [3.8, 4) is 5.75 Å². The SMILES string of the molecule is COc1ccc(S(=O)(=O)N(C)CC(=O)NN=Cc2ccc(F)cc2)cc1C. The molecule has 0 aliphatic rings. The number of nitrogens with one attached hydrogen (secondary N) is 1. The molecule has 2 rings (SSSR count). The molecular formula is C18H20FN3O4S. The van der Waals surface area contributed by atoms with Crippen LogP contribution >= 0.6 is 0 Å². The number of hydrogen-bond donors (Lipinski definition) is 1. The van der Waals surface area contributed by atoms with Crippen molar-refractivity contribution in [2.45, 2.75) is 11.8 Å². The van der Waals surface area contributed by atoms with Gasteiger partial charge in [0.2, 0.25) is 10.0 Å². The van der Waals surface area contributed by atoms with Crippen LogP contribution in [-0.2, 0) is 14.8 Å². The molecule has 0 radical (unpaired) electrons. The molecule has 0 bridgehead atoms. The van der Waals surface area contributed by atoms with Crippen molar-refractivity contribution < 1.29 is 22.3 Å². The highest BCUT2D eigenvalue weighted by Crippen LogP contribution is 2.23. The smallest absolute Gasteiger partial charge is 0.255 e. The average molecular weight is 393 g/mol. The highest BCUT2D eigenvalue weighted by Gasteiger charge is 2.23. The molecule has 0 aromatic heterocycles. The van der Waals surface area contributed by atoms with Crippen LogP contribution in [-0.4, -0.2) is 45.5 Å². The fourth-order valence-corrected chi connectivity index (χ4v) is 3.45. The molecule has 0 heterocycles. The summed E-state index contributed by atoms with van der Waals surface area (Å²) in [6.07, 6.45) is 1.33. The lowest BCUT2D eigenvalue weighted by Gasteiger charge is -2.17. The summed E-state index contributed by atoms with van der Waals surface area (Å²) in [5.41, 5.74) is 3.50. The number of carbonyl (C=O) groups excluding carboxylic acids is 1. The van der Waals surface area contributed by atoms with E-state index in [0.717, 1.165) is 4.31 Å². The first kappa shape index (κ1) is 20.5. The van der Waals surface area contributed by atoms with E-state index in [4.69, 9.17) is 4.74 Å². The normalized spacial score (nSPS) is 11.7. The van der Waals surface area contributed by atoms with Gasteiger partial charge in [0.15, 0.2) is 0 Å². The molecule has 7 nitrogen and oxygen atoms in total. The second-order valence-electron chi connectivity index (χ2n) is 5.74. The number of likely N-dealkylation sites (N-methyl/N-ethyl adjacent to an activating group) is 1. The van der Waals surface area contributed by atoms with Gasteiger partial charge in [0.1, 0.15) is 11.6 Å². The number of amides is 1. The largest absolute Gasteiger partial charge is 0.496 e. The maximum Gasteiger partial charge on any atom is 0.255 e. The highest BCUT2D eigenvalue weighted by molar-refractivity contribution is 7.89. The first-order valence-corrected chi connectivity index (χ1v) is 9.36. The lowest BCUT2D eigenvalue weighted by atomic mass is 10.2. The van der Waals surface area contributed by atoms with Crippen LogP contribution in [0.2, 0.25) is 0 Å². The van der Waals surface area contributed by atoms with E-state index < -0.39 is 22.5 Å². The van der Waals surface area contributed by atoms with Gasteiger partial charge in [-0.25, -0.2) is 18.2 Å². The number of rotatable bonds is 7. The summed E-state index contributed by atoms with van der Waals surface area (Å²) >= 11 is 0. The Kier molecular flexibility index (Phi) is 6.65. The van der Waals surface area contributed by atoms with Crippen LogP contribution in [0.4, 0.5) is 4.39 Å².